The third-order valence-corrected chi connectivity index (χ3v) is 5.34. The molecule has 1 atom stereocenters. The van der Waals surface area contributed by atoms with Crippen LogP contribution in [0.25, 0.3) is 0 Å². The van der Waals surface area contributed by atoms with Gasteiger partial charge in [0, 0.05) is 34.1 Å². The number of anilines is 1. The molecular formula is C20H24FNO2S. The second-order valence-corrected chi connectivity index (χ2v) is 7.16. The van der Waals surface area contributed by atoms with E-state index < -0.39 is 5.82 Å². The third-order valence-electron chi connectivity index (χ3n) is 4.03. The summed E-state index contributed by atoms with van der Waals surface area (Å²) in [4.78, 5) is 13.5. The van der Waals surface area contributed by atoms with Crippen LogP contribution in [-0.2, 0) is 0 Å². The van der Waals surface area contributed by atoms with Crippen molar-refractivity contribution >= 4 is 23.2 Å². The Morgan fingerprint density at radius 1 is 1.28 bits per heavy atom. The molecule has 0 bridgehead atoms. The largest absolute Gasteiger partial charge is 0.399 e. The zero-order chi connectivity index (χ0) is 18.2. The van der Waals surface area contributed by atoms with Gasteiger partial charge in [-0.1, -0.05) is 31.9 Å². The Morgan fingerprint density at radius 2 is 2.08 bits per heavy atom. The molecule has 2 rings (SSSR count). The zero-order valence-corrected chi connectivity index (χ0v) is 15.2. The second-order valence-electron chi connectivity index (χ2n) is 6.10. The predicted octanol–water partition coefficient (Wildman–Crippen LogP) is 4.53. The topological polar surface area (TPSA) is 63.3 Å². The second kappa shape index (κ2) is 9.59. The van der Waals surface area contributed by atoms with Crippen molar-refractivity contribution in [1.82, 2.24) is 0 Å². The molecule has 0 aliphatic carbocycles. The number of rotatable bonds is 9. The number of benzene rings is 2. The Bertz CT molecular complexity index is 721. The highest BCUT2D eigenvalue weighted by molar-refractivity contribution is 7.99. The van der Waals surface area contributed by atoms with Crippen molar-refractivity contribution in [2.24, 2.45) is 5.92 Å². The summed E-state index contributed by atoms with van der Waals surface area (Å²) in [5.74, 6) is 0.175. The maximum absolute atomic E-state index is 13.7. The van der Waals surface area contributed by atoms with Crippen LogP contribution in [0.1, 0.15) is 42.1 Å². The number of hydrogen-bond donors (Lipinski definition) is 2. The Hall–Kier alpha value is -1.85. The molecular weight excluding hydrogens is 337 g/mol. The van der Waals surface area contributed by atoms with Gasteiger partial charge >= 0.3 is 0 Å². The first-order chi connectivity index (χ1) is 12.0. The SMILES string of the molecule is CCCCC(CO)CSc1ccc(F)cc1C(=O)c1cccc(N)c1. The molecule has 0 saturated heterocycles. The lowest BCUT2D eigenvalue weighted by molar-refractivity contribution is 0.103. The van der Waals surface area contributed by atoms with Crippen molar-refractivity contribution in [3.8, 4) is 0 Å². The molecule has 0 amide bonds. The zero-order valence-electron chi connectivity index (χ0n) is 14.4. The monoisotopic (exact) mass is 361 g/mol. The van der Waals surface area contributed by atoms with Crippen molar-refractivity contribution in [2.75, 3.05) is 18.1 Å². The summed E-state index contributed by atoms with van der Waals surface area (Å²) in [6.45, 7) is 2.23. The average Bonchev–Trinajstić information content (AvgIpc) is 2.62. The van der Waals surface area contributed by atoms with E-state index in [1.807, 2.05) is 0 Å². The molecule has 3 nitrogen and oxygen atoms in total. The first kappa shape index (κ1) is 19.5. The van der Waals surface area contributed by atoms with E-state index >= 15 is 0 Å². The molecule has 25 heavy (non-hydrogen) atoms. The highest BCUT2D eigenvalue weighted by atomic mass is 32.2. The average molecular weight is 361 g/mol. The lowest BCUT2D eigenvalue weighted by Crippen LogP contribution is -2.10. The molecule has 0 radical (unpaired) electrons. The highest BCUT2D eigenvalue weighted by Crippen LogP contribution is 2.29. The molecule has 0 aromatic heterocycles. The summed E-state index contributed by atoms with van der Waals surface area (Å²) in [6, 6.07) is 11.0. The number of aliphatic hydroxyl groups is 1. The van der Waals surface area contributed by atoms with Crippen LogP contribution in [0.5, 0.6) is 0 Å². The Morgan fingerprint density at radius 3 is 2.76 bits per heavy atom. The first-order valence-corrected chi connectivity index (χ1v) is 9.47. The van der Waals surface area contributed by atoms with Gasteiger partial charge in [-0.3, -0.25) is 4.79 Å². The number of nitrogen functional groups attached to an aromatic ring is 1. The third kappa shape index (κ3) is 5.58. The van der Waals surface area contributed by atoms with E-state index in [0.717, 1.165) is 24.2 Å². The van der Waals surface area contributed by atoms with E-state index in [9.17, 15) is 14.3 Å². The van der Waals surface area contributed by atoms with Gasteiger partial charge in [0.15, 0.2) is 5.78 Å². The van der Waals surface area contributed by atoms with Gasteiger partial charge in [0.25, 0.3) is 0 Å². The van der Waals surface area contributed by atoms with Crippen LogP contribution in [0.15, 0.2) is 47.4 Å². The Kier molecular flexibility index (Phi) is 7.47. The number of hydrogen-bond acceptors (Lipinski definition) is 4. The molecule has 0 spiro atoms. The van der Waals surface area contributed by atoms with E-state index in [0.29, 0.717) is 22.6 Å². The van der Waals surface area contributed by atoms with E-state index in [2.05, 4.69) is 6.92 Å². The normalized spacial score (nSPS) is 12.1. The molecule has 0 heterocycles. The molecule has 1 unspecified atom stereocenters. The van der Waals surface area contributed by atoms with Crippen molar-refractivity contribution in [3.63, 3.8) is 0 Å². The number of unbranched alkanes of at least 4 members (excludes halogenated alkanes) is 1. The fourth-order valence-electron chi connectivity index (χ4n) is 2.57. The van der Waals surface area contributed by atoms with E-state index in [1.165, 1.54) is 23.9 Å². The quantitative estimate of drug-likeness (QED) is 0.391. The Labute approximate surface area is 152 Å². The number of nitrogens with two attached hydrogens (primary N) is 1. The number of aliphatic hydroxyl groups excluding tert-OH is 1. The summed E-state index contributed by atoms with van der Waals surface area (Å²) in [7, 11) is 0. The lowest BCUT2D eigenvalue weighted by Gasteiger charge is -2.15. The minimum Gasteiger partial charge on any atom is -0.399 e. The van der Waals surface area contributed by atoms with Crippen molar-refractivity contribution < 1.29 is 14.3 Å². The summed E-state index contributed by atoms with van der Waals surface area (Å²) in [5, 5.41) is 9.51. The molecule has 2 aromatic carbocycles. The van der Waals surface area contributed by atoms with Gasteiger partial charge in [0.2, 0.25) is 0 Å². The summed E-state index contributed by atoms with van der Waals surface area (Å²) >= 11 is 1.49. The van der Waals surface area contributed by atoms with Crippen molar-refractivity contribution in [3.05, 3.63) is 59.4 Å². The van der Waals surface area contributed by atoms with Gasteiger partial charge in [0.05, 0.1) is 0 Å². The van der Waals surface area contributed by atoms with Crippen LogP contribution in [0.2, 0.25) is 0 Å². The van der Waals surface area contributed by atoms with Crippen LogP contribution in [-0.4, -0.2) is 23.2 Å². The van der Waals surface area contributed by atoms with Crippen LogP contribution >= 0.6 is 11.8 Å². The predicted molar refractivity (Wildman–Crippen MR) is 102 cm³/mol. The van der Waals surface area contributed by atoms with E-state index in [4.69, 9.17) is 5.73 Å². The maximum atomic E-state index is 13.7. The molecule has 5 heteroatoms. The minimum atomic E-state index is -0.443. The minimum absolute atomic E-state index is 0.118. The summed E-state index contributed by atoms with van der Waals surface area (Å²) in [5.41, 5.74) is 7.02. The fourth-order valence-corrected chi connectivity index (χ4v) is 3.73. The molecule has 0 aliphatic rings. The van der Waals surface area contributed by atoms with Gasteiger partial charge in [0.1, 0.15) is 5.82 Å². The Balaban J connectivity index is 2.20. The molecule has 2 aromatic rings. The van der Waals surface area contributed by atoms with Gasteiger partial charge in [-0.15, -0.1) is 11.8 Å². The first-order valence-electron chi connectivity index (χ1n) is 8.48. The maximum Gasteiger partial charge on any atom is 0.194 e. The van der Waals surface area contributed by atoms with Crippen molar-refractivity contribution in [2.45, 2.75) is 31.1 Å². The van der Waals surface area contributed by atoms with Crippen LogP contribution < -0.4 is 5.73 Å². The fraction of sp³-hybridized carbons (Fsp3) is 0.350. The van der Waals surface area contributed by atoms with Gasteiger partial charge in [-0.25, -0.2) is 4.39 Å². The van der Waals surface area contributed by atoms with Crippen molar-refractivity contribution in [1.29, 1.82) is 0 Å². The standard InChI is InChI=1S/C20H24FNO2S/c1-2-3-5-14(12-23)13-25-19-9-8-16(21)11-18(19)20(24)15-6-4-7-17(22)10-15/h4,6-11,14,23H,2-3,5,12-13,22H2,1H3. The van der Waals surface area contributed by atoms with Gasteiger partial charge < -0.3 is 10.8 Å². The van der Waals surface area contributed by atoms with Gasteiger partial charge in [-0.05, 0) is 42.7 Å². The summed E-state index contributed by atoms with van der Waals surface area (Å²) < 4.78 is 13.7. The number of ketones is 1. The number of carbonyl (C=O) groups is 1. The van der Waals surface area contributed by atoms with E-state index in [-0.39, 0.29) is 18.3 Å². The molecule has 0 saturated carbocycles. The smallest absolute Gasteiger partial charge is 0.194 e. The lowest BCUT2D eigenvalue weighted by atomic mass is 10.0. The number of thioether (sulfide) groups is 1. The van der Waals surface area contributed by atoms with E-state index in [1.54, 1.807) is 30.3 Å². The van der Waals surface area contributed by atoms with Crippen LogP contribution in [0, 0.1) is 11.7 Å². The number of halogens is 1. The molecule has 3 N–H and O–H groups in total. The summed E-state index contributed by atoms with van der Waals surface area (Å²) in [6.07, 6.45) is 3.08. The molecule has 0 fully saturated rings. The highest BCUT2D eigenvalue weighted by Gasteiger charge is 2.17. The van der Waals surface area contributed by atoms with Crippen LogP contribution in [0.3, 0.4) is 0 Å². The number of carbonyl (C=O) groups excluding carboxylic acids is 1. The molecule has 0 aliphatic heterocycles. The molecule has 134 valence electrons. The van der Waals surface area contributed by atoms with Gasteiger partial charge in [-0.2, -0.15) is 0 Å². The van der Waals surface area contributed by atoms with Crippen LogP contribution in [0.4, 0.5) is 10.1 Å².